The number of thiazole rings is 1. The first kappa shape index (κ1) is 23.0. The molecule has 3 rings (SSSR count). The van der Waals surface area contributed by atoms with Gasteiger partial charge in [0.1, 0.15) is 0 Å². The summed E-state index contributed by atoms with van der Waals surface area (Å²) in [5.41, 5.74) is 1.51. The number of fused-ring (bicyclic) bond motifs is 1. The molecule has 1 aromatic heterocycles. The van der Waals surface area contributed by atoms with Gasteiger partial charge in [0.05, 0.1) is 34.0 Å². The Morgan fingerprint density at radius 2 is 1.93 bits per heavy atom. The number of benzene rings is 1. The zero-order valence-corrected chi connectivity index (χ0v) is 19.5. The van der Waals surface area contributed by atoms with Crippen molar-refractivity contribution in [2.24, 2.45) is 0 Å². The third-order valence-electron chi connectivity index (χ3n) is 4.89. The summed E-state index contributed by atoms with van der Waals surface area (Å²) in [5.74, 6) is 0.492. The van der Waals surface area contributed by atoms with Gasteiger partial charge >= 0.3 is 0 Å². The Morgan fingerprint density at radius 1 is 1.23 bits per heavy atom. The predicted molar refractivity (Wildman–Crippen MR) is 122 cm³/mol. The summed E-state index contributed by atoms with van der Waals surface area (Å²) >= 11 is 2.92. The fraction of sp³-hybridized carbons (Fsp3) is 0.526. The van der Waals surface area contributed by atoms with Crippen LogP contribution < -0.4 is 5.32 Å². The molecule has 1 fully saturated rings. The van der Waals surface area contributed by atoms with Crippen molar-refractivity contribution >= 4 is 60.7 Å². The molecule has 2 aromatic rings. The third kappa shape index (κ3) is 6.16. The molecule has 0 bridgehead atoms. The summed E-state index contributed by atoms with van der Waals surface area (Å²) in [5, 5.41) is 2.87. The predicted octanol–water partition coefficient (Wildman–Crippen LogP) is 1.93. The molecule has 30 heavy (non-hydrogen) atoms. The second-order valence-corrected chi connectivity index (χ2v) is 11.5. The van der Waals surface area contributed by atoms with Crippen LogP contribution in [0.2, 0.25) is 0 Å². The van der Waals surface area contributed by atoms with Gasteiger partial charge in [-0.1, -0.05) is 11.8 Å². The molecule has 1 aliphatic heterocycles. The van der Waals surface area contributed by atoms with Crippen LogP contribution in [-0.2, 0) is 19.4 Å². The average Bonchev–Trinajstić information content (AvgIpc) is 3.11. The Balaban J connectivity index is 1.56. The van der Waals surface area contributed by atoms with Crippen LogP contribution >= 0.6 is 23.1 Å². The number of anilines is 1. The fourth-order valence-electron chi connectivity index (χ4n) is 3.15. The molecule has 1 N–H and O–H groups in total. The van der Waals surface area contributed by atoms with Crippen molar-refractivity contribution in [3.63, 3.8) is 0 Å². The van der Waals surface area contributed by atoms with Crippen LogP contribution in [-0.4, -0.2) is 85.0 Å². The molecule has 1 saturated heterocycles. The summed E-state index contributed by atoms with van der Waals surface area (Å²) in [6.07, 6.45) is 0. The Hall–Kier alpha value is -1.69. The quantitative estimate of drug-likeness (QED) is 0.589. The number of amides is 2. The van der Waals surface area contributed by atoms with E-state index in [9.17, 15) is 18.0 Å². The number of aromatic nitrogens is 1. The van der Waals surface area contributed by atoms with E-state index in [0.29, 0.717) is 37.6 Å². The first-order valence-electron chi connectivity index (χ1n) is 9.83. The highest BCUT2D eigenvalue weighted by atomic mass is 32.2. The van der Waals surface area contributed by atoms with E-state index in [1.54, 1.807) is 11.0 Å². The maximum atomic E-state index is 12.3. The molecule has 0 unspecified atom stereocenters. The van der Waals surface area contributed by atoms with E-state index in [2.05, 4.69) is 10.3 Å². The molecule has 1 aromatic carbocycles. The monoisotopic (exact) mass is 470 g/mol. The van der Waals surface area contributed by atoms with Crippen molar-refractivity contribution in [2.75, 3.05) is 55.3 Å². The van der Waals surface area contributed by atoms with Crippen molar-refractivity contribution in [3.05, 3.63) is 18.2 Å². The van der Waals surface area contributed by atoms with E-state index in [0.717, 1.165) is 14.6 Å². The molecule has 0 atom stereocenters. The number of hydrogen-bond acceptors (Lipinski definition) is 8. The van der Waals surface area contributed by atoms with Gasteiger partial charge in [0.2, 0.25) is 11.8 Å². The summed E-state index contributed by atoms with van der Waals surface area (Å²) in [4.78, 5) is 32.7. The van der Waals surface area contributed by atoms with Crippen LogP contribution in [0.15, 0.2) is 22.5 Å². The van der Waals surface area contributed by atoms with Crippen LogP contribution in [0.5, 0.6) is 0 Å². The van der Waals surface area contributed by atoms with Gasteiger partial charge in [-0.15, -0.1) is 11.3 Å². The van der Waals surface area contributed by atoms with E-state index >= 15 is 0 Å². The van der Waals surface area contributed by atoms with E-state index in [4.69, 9.17) is 0 Å². The number of rotatable bonds is 8. The van der Waals surface area contributed by atoms with Gasteiger partial charge in [0.15, 0.2) is 14.2 Å². The van der Waals surface area contributed by atoms with Gasteiger partial charge in [0, 0.05) is 31.9 Å². The highest BCUT2D eigenvalue weighted by Gasteiger charge is 2.23. The van der Waals surface area contributed by atoms with E-state index < -0.39 is 9.84 Å². The van der Waals surface area contributed by atoms with Crippen LogP contribution in [0.1, 0.15) is 13.8 Å². The zero-order chi connectivity index (χ0) is 21.7. The Morgan fingerprint density at radius 3 is 2.60 bits per heavy atom. The molecule has 0 saturated carbocycles. The molecule has 2 heterocycles. The highest BCUT2D eigenvalue weighted by molar-refractivity contribution is 8.01. The molecule has 0 aliphatic carbocycles. The Labute approximate surface area is 184 Å². The number of nitrogens with one attached hydrogen (secondary N) is 1. The Kier molecular flexibility index (Phi) is 7.72. The minimum absolute atomic E-state index is 0.0997. The fourth-order valence-corrected chi connectivity index (χ4v) is 6.43. The van der Waals surface area contributed by atoms with Crippen molar-refractivity contribution in [2.45, 2.75) is 18.2 Å². The van der Waals surface area contributed by atoms with E-state index in [-0.39, 0.29) is 29.9 Å². The first-order valence-corrected chi connectivity index (χ1v) is 13.5. The van der Waals surface area contributed by atoms with Crippen LogP contribution in [0.25, 0.3) is 10.2 Å². The van der Waals surface area contributed by atoms with Gasteiger partial charge in [0.25, 0.3) is 0 Å². The minimum Gasteiger partial charge on any atom is -0.343 e. The van der Waals surface area contributed by atoms with Crippen molar-refractivity contribution < 1.29 is 18.0 Å². The largest absolute Gasteiger partial charge is 0.343 e. The number of carbonyl (C=O) groups excluding carboxylic acids is 2. The molecular formula is C19H26N4O4S3. The molecule has 0 spiro atoms. The van der Waals surface area contributed by atoms with E-state index in [1.807, 2.05) is 30.9 Å². The molecule has 8 nitrogen and oxygen atoms in total. The molecule has 2 amide bonds. The Bertz CT molecular complexity index is 1000. The summed E-state index contributed by atoms with van der Waals surface area (Å²) in [7, 11) is -2.96. The minimum atomic E-state index is -2.96. The lowest BCUT2D eigenvalue weighted by Gasteiger charge is -2.25. The average molecular weight is 471 g/mol. The van der Waals surface area contributed by atoms with Crippen molar-refractivity contribution in [3.8, 4) is 0 Å². The van der Waals surface area contributed by atoms with Gasteiger partial charge in [-0.2, -0.15) is 0 Å². The second-order valence-electron chi connectivity index (χ2n) is 6.99. The molecule has 1 aliphatic rings. The number of nitrogens with zero attached hydrogens (tertiary/aromatic N) is 3. The maximum absolute atomic E-state index is 12.3. The van der Waals surface area contributed by atoms with E-state index in [1.165, 1.54) is 23.1 Å². The van der Waals surface area contributed by atoms with Crippen LogP contribution in [0.4, 0.5) is 5.69 Å². The molecular weight excluding hydrogens is 444 g/mol. The lowest BCUT2D eigenvalue weighted by atomic mass is 10.3. The first-order chi connectivity index (χ1) is 14.3. The van der Waals surface area contributed by atoms with Gasteiger partial charge in [-0.05, 0) is 32.0 Å². The smallest absolute Gasteiger partial charge is 0.238 e. The summed E-state index contributed by atoms with van der Waals surface area (Å²) in [6.45, 7) is 6.27. The van der Waals surface area contributed by atoms with Gasteiger partial charge < -0.3 is 10.2 Å². The lowest BCUT2D eigenvalue weighted by Crippen LogP contribution is -2.43. The molecule has 11 heteroatoms. The van der Waals surface area contributed by atoms with Crippen molar-refractivity contribution in [1.82, 2.24) is 14.8 Å². The maximum Gasteiger partial charge on any atom is 0.238 e. The van der Waals surface area contributed by atoms with Crippen molar-refractivity contribution in [1.29, 1.82) is 0 Å². The lowest BCUT2D eigenvalue weighted by molar-refractivity contribution is -0.128. The summed E-state index contributed by atoms with van der Waals surface area (Å²) < 4.78 is 24.7. The summed E-state index contributed by atoms with van der Waals surface area (Å²) in [6, 6.07) is 5.53. The molecule has 0 radical (unpaired) electrons. The second kappa shape index (κ2) is 10.1. The van der Waals surface area contributed by atoms with Crippen LogP contribution in [0, 0.1) is 0 Å². The SMILES string of the molecule is CCN(CC)C(=O)CSc1nc2ccc(NC(=O)CN3CCS(=O)(=O)CC3)cc2s1. The topological polar surface area (TPSA) is 99.7 Å². The number of hydrogen-bond donors (Lipinski definition) is 1. The third-order valence-corrected chi connectivity index (χ3v) is 8.65. The number of sulfone groups is 1. The van der Waals surface area contributed by atoms with Gasteiger partial charge in [-0.25, -0.2) is 13.4 Å². The number of thioether (sulfide) groups is 1. The normalized spacial score (nSPS) is 16.5. The standard InChI is InChI=1S/C19H26N4O4S3/c1-3-23(4-2)18(25)13-28-19-21-15-6-5-14(11-16(15)29-19)20-17(24)12-22-7-9-30(26,27)10-8-22/h5-6,11H,3-4,7-10,12-13H2,1-2H3,(H,20,24). The highest BCUT2D eigenvalue weighted by Crippen LogP contribution is 2.31. The van der Waals surface area contributed by atoms with Crippen LogP contribution in [0.3, 0.4) is 0 Å². The molecule has 164 valence electrons. The van der Waals surface area contributed by atoms with Gasteiger partial charge in [-0.3, -0.25) is 14.5 Å². The number of carbonyl (C=O) groups is 2. The zero-order valence-electron chi connectivity index (χ0n) is 17.1.